The van der Waals surface area contributed by atoms with E-state index in [1.54, 1.807) is 38.2 Å². The Labute approximate surface area is 128 Å². The van der Waals surface area contributed by atoms with Gasteiger partial charge in [0.15, 0.2) is 6.04 Å². The number of hydrogen-bond donors (Lipinski definition) is 0. The topological polar surface area (TPSA) is 51.0 Å². The number of rotatable bonds is 4. The Morgan fingerprint density at radius 1 is 1.43 bits per heavy atom. The Balaban J connectivity index is 2.40. The van der Waals surface area contributed by atoms with Gasteiger partial charge in [-0.15, -0.1) is 6.42 Å². The molecule has 0 spiro atoms. The molecule has 0 radical (unpaired) electrons. The molecule has 1 aromatic carbocycles. The van der Waals surface area contributed by atoms with Crippen LogP contribution < -0.4 is 0 Å². The lowest BCUT2D eigenvalue weighted by Gasteiger charge is -2.26. The fourth-order valence-electron chi connectivity index (χ4n) is 1.90. The van der Waals surface area contributed by atoms with Gasteiger partial charge in [0.25, 0.3) is 5.91 Å². The summed E-state index contributed by atoms with van der Waals surface area (Å²) in [5.41, 5.74) is 0.769. The third-order valence-electron chi connectivity index (χ3n) is 3.29. The lowest BCUT2D eigenvalue weighted by Crippen LogP contribution is -2.40. The molecule has 0 saturated carbocycles. The van der Waals surface area contributed by atoms with Gasteiger partial charge in [-0.05, 0) is 24.6 Å². The molecule has 1 heterocycles. The second-order valence-electron chi connectivity index (χ2n) is 4.62. The van der Waals surface area contributed by atoms with Gasteiger partial charge in [-0.1, -0.05) is 29.7 Å². The molecule has 5 nitrogen and oxygen atoms in total. The van der Waals surface area contributed by atoms with Crippen molar-refractivity contribution < 1.29 is 4.79 Å². The van der Waals surface area contributed by atoms with Crippen LogP contribution in [0.1, 0.15) is 18.5 Å². The van der Waals surface area contributed by atoms with E-state index in [4.69, 9.17) is 18.0 Å². The first kappa shape index (κ1) is 15.1. The lowest BCUT2D eigenvalue weighted by atomic mass is 10.1. The van der Waals surface area contributed by atoms with Crippen LogP contribution in [0, 0.1) is 12.3 Å². The Hall–Kier alpha value is -2.32. The second-order valence-corrected chi connectivity index (χ2v) is 5.06. The van der Waals surface area contributed by atoms with Crippen molar-refractivity contribution in [2.45, 2.75) is 19.0 Å². The standard InChI is InChI=1S/C15H15ClN4O/c1-4-11(2)19(3)15(21)14(20-10-17-9-18-20)12-5-7-13(16)8-6-12/h1,5-11,14H,2-3H3. The van der Waals surface area contributed by atoms with Gasteiger partial charge in [0.05, 0.1) is 6.04 Å². The average molecular weight is 303 g/mol. The van der Waals surface area contributed by atoms with Crippen LogP contribution in [0.3, 0.4) is 0 Å². The zero-order chi connectivity index (χ0) is 15.4. The van der Waals surface area contributed by atoms with Gasteiger partial charge in [-0.25, -0.2) is 9.67 Å². The van der Waals surface area contributed by atoms with E-state index in [1.807, 2.05) is 0 Å². The summed E-state index contributed by atoms with van der Waals surface area (Å²) in [6, 6.07) is 6.13. The molecule has 2 aromatic rings. The fourth-order valence-corrected chi connectivity index (χ4v) is 2.03. The molecule has 0 aliphatic carbocycles. The van der Waals surface area contributed by atoms with Crippen LogP contribution in [0.2, 0.25) is 5.02 Å². The lowest BCUT2D eigenvalue weighted by molar-refractivity contribution is -0.133. The van der Waals surface area contributed by atoms with Gasteiger partial charge >= 0.3 is 0 Å². The predicted molar refractivity (Wildman–Crippen MR) is 80.7 cm³/mol. The molecule has 0 aliphatic heterocycles. The summed E-state index contributed by atoms with van der Waals surface area (Å²) in [6.07, 6.45) is 8.29. The number of carbonyl (C=O) groups excluding carboxylic acids is 1. The van der Waals surface area contributed by atoms with Crippen molar-refractivity contribution in [1.29, 1.82) is 0 Å². The zero-order valence-corrected chi connectivity index (χ0v) is 12.5. The Bertz CT molecular complexity index is 645. The van der Waals surface area contributed by atoms with E-state index < -0.39 is 6.04 Å². The summed E-state index contributed by atoms with van der Waals surface area (Å²) >= 11 is 5.90. The Kier molecular flexibility index (Phi) is 4.61. The predicted octanol–water partition coefficient (Wildman–Crippen LogP) is 2.00. The molecule has 0 saturated heterocycles. The molecule has 1 amide bonds. The Morgan fingerprint density at radius 2 is 2.10 bits per heavy atom. The summed E-state index contributed by atoms with van der Waals surface area (Å²) in [7, 11) is 1.67. The van der Waals surface area contributed by atoms with Crippen molar-refractivity contribution >= 4 is 17.5 Å². The highest BCUT2D eigenvalue weighted by Crippen LogP contribution is 2.22. The number of nitrogens with zero attached hydrogens (tertiary/aromatic N) is 4. The van der Waals surface area contributed by atoms with Crippen LogP contribution in [0.15, 0.2) is 36.9 Å². The van der Waals surface area contributed by atoms with E-state index in [1.165, 1.54) is 22.2 Å². The van der Waals surface area contributed by atoms with Crippen molar-refractivity contribution in [2.24, 2.45) is 0 Å². The summed E-state index contributed by atoms with van der Waals surface area (Å²) in [4.78, 5) is 18.2. The van der Waals surface area contributed by atoms with Crippen molar-refractivity contribution in [1.82, 2.24) is 19.7 Å². The quantitative estimate of drug-likeness (QED) is 0.812. The van der Waals surface area contributed by atoms with Crippen molar-refractivity contribution in [2.75, 3.05) is 7.05 Å². The number of likely N-dealkylation sites (N-methyl/N-ethyl adjacent to an activating group) is 1. The molecule has 108 valence electrons. The first-order chi connectivity index (χ1) is 10.0. The van der Waals surface area contributed by atoms with Gasteiger partial charge in [-0.2, -0.15) is 5.10 Å². The van der Waals surface area contributed by atoms with Gasteiger partial charge in [0.1, 0.15) is 12.7 Å². The molecular weight excluding hydrogens is 288 g/mol. The first-order valence-electron chi connectivity index (χ1n) is 6.37. The Morgan fingerprint density at radius 3 is 2.62 bits per heavy atom. The van der Waals surface area contributed by atoms with Crippen molar-refractivity contribution in [3.05, 3.63) is 47.5 Å². The maximum Gasteiger partial charge on any atom is 0.252 e. The van der Waals surface area contributed by atoms with Gasteiger partial charge in [-0.3, -0.25) is 4.79 Å². The van der Waals surface area contributed by atoms with E-state index in [-0.39, 0.29) is 11.9 Å². The van der Waals surface area contributed by atoms with Crippen LogP contribution in [-0.4, -0.2) is 38.7 Å². The molecule has 6 heteroatoms. The zero-order valence-electron chi connectivity index (χ0n) is 11.8. The minimum Gasteiger partial charge on any atom is -0.330 e. The highest BCUT2D eigenvalue weighted by Gasteiger charge is 2.28. The highest BCUT2D eigenvalue weighted by atomic mass is 35.5. The monoisotopic (exact) mass is 302 g/mol. The molecule has 0 fully saturated rings. The highest BCUT2D eigenvalue weighted by molar-refractivity contribution is 6.30. The molecule has 1 aromatic heterocycles. The maximum absolute atomic E-state index is 12.7. The van der Waals surface area contributed by atoms with Crippen LogP contribution in [0.25, 0.3) is 0 Å². The first-order valence-corrected chi connectivity index (χ1v) is 6.74. The third-order valence-corrected chi connectivity index (χ3v) is 3.54. The van der Waals surface area contributed by atoms with E-state index >= 15 is 0 Å². The van der Waals surface area contributed by atoms with Gasteiger partial charge in [0, 0.05) is 12.1 Å². The largest absolute Gasteiger partial charge is 0.330 e. The summed E-state index contributed by atoms with van der Waals surface area (Å²) in [5.74, 6) is 2.39. The normalized spacial score (nSPS) is 13.2. The van der Waals surface area contributed by atoms with Crippen LogP contribution >= 0.6 is 11.6 Å². The van der Waals surface area contributed by atoms with Crippen LogP contribution in [0.5, 0.6) is 0 Å². The van der Waals surface area contributed by atoms with Crippen LogP contribution in [0.4, 0.5) is 0 Å². The number of terminal acetylenes is 1. The minimum absolute atomic E-state index is 0.159. The fraction of sp³-hybridized carbons (Fsp3) is 0.267. The van der Waals surface area contributed by atoms with E-state index in [9.17, 15) is 4.79 Å². The minimum atomic E-state index is -0.620. The van der Waals surface area contributed by atoms with Gasteiger partial charge < -0.3 is 4.90 Å². The summed E-state index contributed by atoms with van der Waals surface area (Å²) < 4.78 is 1.51. The third kappa shape index (κ3) is 3.23. The SMILES string of the molecule is C#CC(C)N(C)C(=O)C(c1ccc(Cl)cc1)n1cncn1. The number of aromatic nitrogens is 3. The smallest absolute Gasteiger partial charge is 0.252 e. The number of halogens is 1. The molecule has 2 atom stereocenters. The number of amides is 1. The number of hydrogen-bond acceptors (Lipinski definition) is 3. The molecule has 21 heavy (non-hydrogen) atoms. The maximum atomic E-state index is 12.7. The number of carbonyl (C=O) groups is 1. The second kappa shape index (κ2) is 6.42. The average Bonchev–Trinajstić information content (AvgIpc) is 3.01. The molecular formula is C15H15ClN4O. The van der Waals surface area contributed by atoms with Crippen molar-refractivity contribution in [3.63, 3.8) is 0 Å². The molecule has 2 rings (SSSR count). The van der Waals surface area contributed by atoms with Gasteiger partial charge in [0.2, 0.25) is 0 Å². The summed E-state index contributed by atoms with van der Waals surface area (Å²) in [6.45, 7) is 1.79. The number of benzene rings is 1. The van der Waals surface area contributed by atoms with Crippen LogP contribution in [-0.2, 0) is 4.79 Å². The molecule has 2 unspecified atom stereocenters. The van der Waals surface area contributed by atoms with E-state index in [0.717, 1.165) is 5.56 Å². The summed E-state index contributed by atoms with van der Waals surface area (Å²) in [5, 5.41) is 4.68. The van der Waals surface area contributed by atoms with E-state index in [2.05, 4.69) is 16.0 Å². The van der Waals surface area contributed by atoms with E-state index in [0.29, 0.717) is 5.02 Å². The molecule has 0 bridgehead atoms. The molecule has 0 aliphatic rings. The molecule has 0 N–H and O–H groups in total. The van der Waals surface area contributed by atoms with Crippen molar-refractivity contribution in [3.8, 4) is 12.3 Å².